The van der Waals surface area contributed by atoms with Crippen molar-refractivity contribution in [2.24, 2.45) is 0 Å². The second kappa shape index (κ2) is 5.16. The number of fused-ring (bicyclic) bond motifs is 1. The SMILES string of the molecule is CCn1cc(Nc2nc(C)nc3c(C)nn(CC)c23)cn1. The molecule has 7 heteroatoms. The Labute approximate surface area is 123 Å². The summed E-state index contributed by atoms with van der Waals surface area (Å²) in [5, 5.41) is 12.1. The Bertz CT molecular complexity index is 784. The fourth-order valence-electron chi connectivity index (χ4n) is 2.40. The number of rotatable bonds is 4. The molecule has 3 aromatic heterocycles. The van der Waals surface area contributed by atoms with Gasteiger partial charge in [-0.25, -0.2) is 9.97 Å². The average Bonchev–Trinajstić information content (AvgIpc) is 3.04. The molecule has 21 heavy (non-hydrogen) atoms. The molecule has 1 N–H and O–H groups in total. The van der Waals surface area contributed by atoms with Gasteiger partial charge in [-0.15, -0.1) is 0 Å². The molecule has 0 spiro atoms. The minimum absolute atomic E-state index is 0.728. The molecule has 0 amide bonds. The Hall–Kier alpha value is -2.44. The Morgan fingerprint density at radius 1 is 1.14 bits per heavy atom. The van der Waals surface area contributed by atoms with Gasteiger partial charge in [-0.3, -0.25) is 9.36 Å². The van der Waals surface area contributed by atoms with E-state index in [-0.39, 0.29) is 0 Å². The van der Waals surface area contributed by atoms with Crippen LogP contribution in [0.1, 0.15) is 25.4 Å². The maximum Gasteiger partial charge on any atom is 0.160 e. The van der Waals surface area contributed by atoms with Gasteiger partial charge < -0.3 is 5.32 Å². The van der Waals surface area contributed by atoms with Crippen molar-refractivity contribution in [1.29, 1.82) is 0 Å². The molecule has 0 aromatic carbocycles. The van der Waals surface area contributed by atoms with Crippen molar-refractivity contribution < 1.29 is 0 Å². The number of aromatic nitrogens is 6. The molecule has 0 unspecified atom stereocenters. The lowest BCUT2D eigenvalue weighted by molar-refractivity contribution is 0.660. The van der Waals surface area contributed by atoms with Gasteiger partial charge in [-0.2, -0.15) is 10.2 Å². The lowest BCUT2D eigenvalue weighted by Crippen LogP contribution is -2.03. The van der Waals surface area contributed by atoms with Gasteiger partial charge in [0.25, 0.3) is 0 Å². The Kier molecular flexibility index (Phi) is 3.32. The lowest BCUT2D eigenvalue weighted by Gasteiger charge is -2.07. The van der Waals surface area contributed by atoms with Crippen LogP contribution in [0.2, 0.25) is 0 Å². The van der Waals surface area contributed by atoms with Crippen LogP contribution < -0.4 is 5.32 Å². The van der Waals surface area contributed by atoms with E-state index in [9.17, 15) is 0 Å². The molecule has 3 aromatic rings. The molecule has 7 nitrogen and oxygen atoms in total. The summed E-state index contributed by atoms with van der Waals surface area (Å²) < 4.78 is 3.80. The molecule has 0 radical (unpaired) electrons. The molecule has 3 rings (SSSR count). The minimum Gasteiger partial charge on any atom is -0.336 e. The zero-order valence-corrected chi connectivity index (χ0v) is 12.8. The molecule has 0 aliphatic rings. The molecule has 0 bridgehead atoms. The number of anilines is 2. The van der Waals surface area contributed by atoms with Crippen LogP contribution in [0, 0.1) is 13.8 Å². The van der Waals surface area contributed by atoms with E-state index >= 15 is 0 Å². The van der Waals surface area contributed by atoms with E-state index < -0.39 is 0 Å². The summed E-state index contributed by atoms with van der Waals surface area (Å²) >= 11 is 0. The number of aryl methyl sites for hydroxylation is 4. The summed E-state index contributed by atoms with van der Waals surface area (Å²) in [5.74, 6) is 1.50. The zero-order valence-electron chi connectivity index (χ0n) is 12.8. The van der Waals surface area contributed by atoms with Gasteiger partial charge in [0.2, 0.25) is 0 Å². The van der Waals surface area contributed by atoms with Gasteiger partial charge in [0.05, 0.1) is 17.6 Å². The van der Waals surface area contributed by atoms with Crippen molar-refractivity contribution in [3.63, 3.8) is 0 Å². The molecule has 0 saturated carbocycles. The maximum atomic E-state index is 4.53. The Morgan fingerprint density at radius 3 is 2.62 bits per heavy atom. The highest BCUT2D eigenvalue weighted by molar-refractivity contribution is 5.89. The number of nitrogens with one attached hydrogen (secondary N) is 1. The summed E-state index contributed by atoms with van der Waals surface area (Å²) in [4.78, 5) is 9.05. The summed E-state index contributed by atoms with van der Waals surface area (Å²) in [6.45, 7) is 9.60. The van der Waals surface area contributed by atoms with Crippen molar-refractivity contribution in [2.75, 3.05) is 5.32 Å². The molecule has 0 fully saturated rings. The van der Waals surface area contributed by atoms with Crippen LogP contribution in [0.3, 0.4) is 0 Å². The second-order valence-corrected chi connectivity index (χ2v) is 4.93. The maximum absolute atomic E-state index is 4.53. The van der Waals surface area contributed by atoms with Crippen molar-refractivity contribution in [3.05, 3.63) is 23.9 Å². The highest BCUT2D eigenvalue weighted by atomic mass is 15.3. The fourth-order valence-corrected chi connectivity index (χ4v) is 2.40. The standard InChI is InChI=1S/C14H19N7/c1-5-20-8-11(7-15-20)18-14-13-12(16-10(4)17-14)9(3)19-21(13)6-2/h7-8H,5-6H2,1-4H3,(H,16,17,18). The average molecular weight is 285 g/mol. The summed E-state index contributed by atoms with van der Waals surface area (Å²) in [6, 6.07) is 0. The van der Waals surface area contributed by atoms with Gasteiger partial charge in [0, 0.05) is 19.3 Å². The van der Waals surface area contributed by atoms with E-state index in [4.69, 9.17) is 0 Å². The van der Waals surface area contributed by atoms with E-state index in [0.29, 0.717) is 0 Å². The van der Waals surface area contributed by atoms with Crippen LogP contribution in [0.5, 0.6) is 0 Å². The van der Waals surface area contributed by atoms with Crippen LogP contribution >= 0.6 is 0 Å². The molecule has 110 valence electrons. The second-order valence-electron chi connectivity index (χ2n) is 4.93. The third-order valence-electron chi connectivity index (χ3n) is 3.39. The van der Waals surface area contributed by atoms with E-state index in [1.807, 2.05) is 29.4 Å². The van der Waals surface area contributed by atoms with E-state index in [1.54, 1.807) is 6.20 Å². The summed E-state index contributed by atoms with van der Waals surface area (Å²) in [6.07, 6.45) is 3.76. The first-order valence-corrected chi connectivity index (χ1v) is 7.13. The molecule has 3 heterocycles. The Morgan fingerprint density at radius 2 is 1.95 bits per heavy atom. The quantitative estimate of drug-likeness (QED) is 0.797. The molecule has 0 atom stereocenters. The first-order valence-electron chi connectivity index (χ1n) is 7.13. The van der Waals surface area contributed by atoms with Crippen molar-refractivity contribution >= 4 is 22.5 Å². The zero-order chi connectivity index (χ0) is 15.0. The minimum atomic E-state index is 0.728. The van der Waals surface area contributed by atoms with Gasteiger partial charge in [-0.05, 0) is 27.7 Å². The monoisotopic (exact) mass is 285 g/mol. The van der Waals surface area contributed by atoms with E-state index in [2.05, 4.69) is 39.3 Å². The predicted molar refractivity (Wildman–Crippen MR) is 81.7 cm³/mol. The topological polar surface area (TPSA) is 73.5 Å². The predicted octanol–water partition coefficient (Wildman–Crippen LogP) is 2.42. The normalized spacial score (nSPS) is 11.2. The number of hydrogen-bond acceptors (Lipinski definition) is 5. The lowest BCUT2D eigenvalue weighted by atomic mass is 10.3. The van der Waals surface area contributed by atoms with E-state index in [0.717, 1.165) is 47.1 Å². The van der Waals surface area contributed by atoms with Crippen molar-refractivity contribution in [1.82, 2.24) is 29.5 Å². The molecular formula is C14H19N7. The largest absolute Gasteiger partial charge is 0.336 e. The number of hydrogen-bond donors (Lipinski definition) is 1. The Balaban J connectivity index is 2.12. The molecular weight excluding hydrogens is 266 g/mol. The van der Waals surface area contributed by atoms with Gasteiger partial charge in [0.15, 0.2) is 5.82 Å². The third-order valence-corrected chi connectivity index (χ3v) is 3.39. The van der Waals surface area contributed by atoms with Gasteiger partial charge in [0.1, 0.15) is 16.9 Å². The van der Waals surface area contributed by atoms with Crippen LogP contribution in [0.4, 0.5) is 11.5 Å². The number of nitrogens with zero attached hydrogens (tertiary/aromatic N) is 6. The summed E-state index contributed by atoms with van der Waals surface area (Å²) in [7, 11) is 0. The van der Waals surface area contributed by atoms with Crippen molar-refractivity contribution in [2.45, 2.75) is 40.8 Å². The first-order chi connectivity index (χ1) is 10.1. The highest BCUT2D eigenvalue weighted by Crippen LogP contribution is 2.25. The van der Waals surface area contributed by atoms with Crippen molar-refractivity contribution in [3.8, 4) is 0 Å². The van der Waals surface area contributed by atoms with Gasteiger partial charge >= 0.3 is 0 Å². The molecule has 0 saturated heterocycles. The fraction of sp³-hybridized carbons (Fsp3) is 0.429. The third kappa shape index (κ3) is 2.35. The highest BCUT2D eigenvalue weighted by Gasteiger charge is 2.15. The van der Waals surface area contributed by atoms with Crippen LogP contribution in [-0.2, 0) is 13.1 Å². The molecule has 0 aliphatic carbocycles. The van der Waals surface area contributed by atoms with E-state index in [1.165, 1.54) is 0 Å². The summed E-state index contributed by atoms with van der Waals surface area (Å²) in [5.41, 5.74) is 3.67. The van der Waals surface area contributed by atoms with Crippen LogP contribution in [0.15, 0.2) is 12.4 Å². The van der Waals surface area contributed by atoms with Crippen LogP contribution in [0.25, 0.3) is 11.0 Å². The first kappa shape index (κ1) is 13.5. The van der Waals surface area contributed by atoms with Gasteiger partial charge in [-0.1, -0.05) is 0 Å². The molecule has 0 aliphatic heterocycles. The smallest absolute Gasteiger partial charge is 0.160 e. The van der Waals surface area contributed by atoms with Crippen LogP contribution in [-0.4, -0.2) is 29.5 Å².